The minimum absolute atomic E-state index is 0.123. The Bertz CT molecular complexity index is 1200. The second kappa shape index (κ2) is 10.5. The van der Waals surface area contributed by atoms with E-state index >= 15 is 0 Å². The molecule has 0 aliphatic heterocycles. The molecule has 224 valence electrons. The van der Waals surface area contributed by atoms with Gasteiger partial charge >= 0.3 is 20.8 Å². The van der Waals surface area contributed by atoms with Gasteiger partial charge < -0.3 is 0 Å². The lowest BCUT2D eigenvalue weighted by molar-refractivity contribution is -0.0775. The molecule has 4 aliphatic carbocycles. The van der Waals surface area contributed by atoms with E-state index in [2.05, 4.69) is 66.7 Å². The Morgan fingerprint density at radius 1 is 0.949 bits per heavy atom. The molecule has 4 aliphatic rings. The van der Waals surface area contributed by atoms with Gasteiger partial charge in [-0.2, -0.15) is 16.8 Å². The summed E-state index contributed by atoms with van der Waals surface area (Å²) in [6.45, 7) is 16.1. The zero-order valence-electron chi connectivity index (χ0n) is 24.5. The Labute approximate surface area is 235 Å². The van der Waals surface area contributed by atoms with Crippen molar-refractivity contribution < 1.29 is 34.3 Å². The van der Waals surface area contributed by atoms with E-state index in [0.29, 0.717) is 35.5 Å². The maximum Gasteiger partial charge on any atom is 0.397 e. The van der Waals surface area contributed by atoms with Gasteiger partial charge in [0, 0.05) is 0 Å². The third kappa shape index (κ3) is 6.36. The zero-order valence-corrected chi connectivity index (χ0v) is 26.1. The summed E-state index contributed by atoms with van der Waals surface area (Å²) in [5.41, 5.74) is 1.08. The van der Waals surface area contributed by atoms with Crippen molar-refractivity contribution >= 4 is 20.8 Å². The molecular weight excluding hydrogens is 540 g/mol. The normalized spacial score (nSPS) is 40.9. The molecule has 0 spiro atoms. The van der Waals surface area contributed by atoms with Crippen LogP contribution in [-0.4, -0.2) is 38.1 Å². The van der Waals surface area contributed by atoms with Crippen LogP contribution in [0.25, 0.3) is 0 Å². The summed E-state index contributed by atoms with van der Waals surface area (Å²) in [5.74, 6) is 2.89. The van der Waals surface area contributed by atoms with Gasteiger partial charge in [0.25, 0.3) is 0 Å². The van der Waals surface area contributed by atoms with Crippen molar-refractivity contribution in [2.24, 2.45) is 51.8 Å². The number of hydrogen-bond donors (Lipinski definition) is 2. The molecule has 10 heteroatoms. The Morgan fingerprint density at radius 2 is 1.56 bits per heavy atom. The van der Waals surface area contributed by atoms with Crippen LogP contribution in [0.2, 0.25) is 0 Å². The van der Waals surface area contributed by atoms with Crippen molar-refractivity contribution in [2.45, 2.75) is 106 Å². The summed E-state index contributed by atoms with van der Waals surface area (Å²) in [7, 11) is -9.69. The Balaban J connectivity index is 1.58. The van der Waals surface area contributed by atoms with E-state index in [-0.39, 0.29) is 23.7 Å². The van der Waals surface area contributed by atoms with E-state index in [1.54, 1.807) is 0 Å². The van der Waals surface area contributed by atoms with Gasteiger partial charge in [-0.05, 0) is 96.7 Å². The third-order valence-electron chi connectivity index (χ3n) is 11.4. The minimum atomic E-state index is -4.85. The molecule has 0 bridgehead atoms. The fourth-order valence-corrected chi connectivity index (χ4v) is 9.84. The molecule has 0 amide bonds. The van der Waals surface area contributed by atoms with E-state index < -0.39 is 38.4 Å². The van der Waals surface area contributed by atoms with Crippen LogP contribution in [0.3, 0.4) is 0 Å². The van der Waals surface area contributed by atoms with Crippen LogP contribution in [0.1, 0.15) is 93.4 Å². The van der Waals surface area contributed by atoms with Crippen LogP contribution in [0, 0.1) is 51.8 Å². The summed E-state index contributed by atoms with van der Waals surface area (Å²) < 4.78 is 74.8. The summed E-state index contributed by atoms with van der Waals surface area (Å²) in [4.78, 5) is 0. The van der Waals surface area contributed by atoms with Crippen LogP contribution in [0.15, 0.2) is 23.8 Å². The van der Waals surface area contributed by atoms with Crippen LogP contribution >= 0.6 is 0 Å². The van der Waals surface area contributed by atoms with Gasteiger partial charge in [0.15, 0.2) is 0 Å². The molecule has 4 rings (SSSR count). The standard InChI is InChI=1S/C29H48O8S2/c1-18(8-9-19(2)27(3,4)5)22-12-13-23-21-11-10-20-16-25(36-38(30,31)32)26(37-39(33,34)35)17-29(20,7)24(21)14-15-28(22,23)6/h8-10,18-19,21-26H,11-17H2,1-7H3,(H,30,31,32)(H,33,34,35). The molecule has 0 heterocycles. The molecule has 3 fully saturated rings. The quantitative estimate of drug-likeness (QED) is 0.257. The molecule has 0 aromatic carbocycles. The molecule has 0 radical (unpaired) electrons. The highest BCUT2D eigenvalue weighted by Gasteiger charge is 2.60. The van der Waals surface area contributed by atoms with E-state index in [1.807, 2.05) is 0 Å². The molecule has 0 saturated heterocycles. The molecule has 3 saturated carbocycles. The summed E-state index contributed by atoms with van der Waals surface area (Å²) in [6, 6.07) is 0. The summed E-state index contributed by atoms with van der Waals surface area (Å²) in [6.07, 6.45) is 10.3. The maximum absolute atomic E-state index is 11.6. The van der Waals surface area contributed by atoms with Crippen LogP contribution < -0.4 is 0 Å². The first-order valence-electron chi connectivity index (χ1n) is 14.4. The van der Waals surface area contributed by atoms with E-state index in [9.17, 15) is 25.9 Å². The minimum Gasteiger partial charge on any atom is -0.264 e. The Kier molecular flexibility index (Phi) is 8.38. The van der Waals surface area contributed by atoms with E-state index in [1.165, 1.54) is 12.8 Å². The van der Waals surface area contributed by atoms with Gasteiger partial charge in [-0.25, -0.2) is 8.37 Å². The van der Waals surface area contributed by atoms with Crippen molar-refractivity contribution in [3.05, 3.63) is 23.8 Å². The average Bonchev–Trinajstić information content (AvgIpc) is 3.12. The van der Waals surface area contributed by atoms with Gasteiger partial charge in [0.1, 0.15) is 12.2 Å². The lowest BCUT2D eigenvalue weighted by Gasteiger charge is -2.59. The molecule has 0 aromatic heterocycles. The molecule has 2 N–H and O–H groups in total. The molecular formula is C29H48O8S2. The highest BCUT2D eigenvalue weighted by molar-refractivity contribution is 7.81. The van der Waals surface area contributed by atoms with Gasteiger partial charge in [-0.3, -0.25) is 9.11 Å². The SMILES string of the molecule is CC(C=CC(C)C(C)(C)C)C1CCC2C3CC=C4CC(OS(=O)(=O)O)C(OS(=O)(=O)O)CC4(C)C3CCC12C. The monoisotopic (exact) mass is 588 g/mol. The van der Waals surface area contributed by atoms with Crippen LogP contribution in [0.5, 0.6) is 0 Å². The Morgan fingerprint density at radius 3 is 2.15 bits per heavy atom. The van der Waals surface area contributed by atoms with Crippen molar-refractivity contribution in [3.8, 4) is 0 Å². The fraction of sp³-hybridized carbons (Fsp3) is 0.862. The lowest BCUT2D eigenvalue weighted by Crippen LogP contribution is -2.54. The zero-order chi connectivity index (χ0) is 29.2. The van der Waals surface area contributed by atoms with Crippen molar-refractivity contribution in [3.63, 3.8) is 0 Å². The van der Waals surface area contributed by atoms with Crippen LogP contribution in [0.4, 0.5) is 0 Å². The van der Waals surface area contributed by atoms with Gasteiger partial charge in [-0.1, -0.05) is 72.3 Å². The van der Waals surface area contributed by atoms with Crippen molar-refractivity contribution in [1.29, 1.82) is 0 Å². The van der Waals surface area contributed by atoms with E-state index in [4.69, 9.17) is 8.37 Å². The number of hydrogen-bond acceptors (Lipinski definition) is 6. The van der Waals surface area contributed by atoms with Gasteiger partial charge in [0.05, 0.1) is 0 Å². The van der Waals surface area contributed by atoms with E-state index in [0.717, 1.165) is 24.8 Å². The largest absolute Gasteiger partial charge is 0.397 e. The maximum atomic E-state index is 11.6. The van der Waals surface area contributed by atoms with Gasteiger partial charge in [0.2, 0.25) is 0 Å². The molecule has 8 nitrogen and oxygen atoms in total. The summed E-state index contributed by atoms with van der Waals surface area (Å²) in [5, 5.41) is 0. The van der Waals surface area contributed by atoms with Crippen LogP contribution in [-0.2, 0) is 29.2 Å². The highest BCUT2D eigenvalue weighted by atomic mass is 32.3. The second-order valence-corrected chi connectivity index (χ2v) is 16.5. The number of fused-ring (bicyclic) bond motifs is 5. The predicted molar refractivity (Wildman–Crippen MR) is 150 cm³/mol. The first-order chi connectivity index (χ1) is 17.7. The smallest absolute Gasteiger partial charge is 0.264 e. The van der Waals surface area contributed by atoms with Crippen molar-refractivity contribution in [1.82, 2.24) is 0 Å². The van der Waals surface area contributed by atoms with Gasteiger partial charge in [-0.15, -0.1) is 0 Å². The third-order valence-corrected chi connectivity index (χ3v) is 12.3. The molecule has 39 heavy (non-hydrogen) atoms. The fourth-order valence-electron chi connectivity index (χ4n) is 8.83. The highest BCUT2D eigenvalue weighted by Crippen LogP contribution is 2.67. The average molecular weight is 589 g/mol. The lowest BCUT2D eigenvalue weighted by atomic mass is 9.46. The molecule has 10 atom stereocenters. The Hall–Kier alpha value is -0.780. The number of allylic oxidation sites excluding steroid dienone is 3. The second-order valence-electron chi connectivity index (χ2n) is 14.4. The molecule has 10 unspecified atom stereocenters. The topological polar surface area (TPSA) is 127 Å². The predicted octanol–water partition coefficient (Wildman–Crippen LogP) is 6.43. The first-order valence-corrected chi connectivity index (χ1v) is 17.2. The molecule has 0 aromatic rings. The number of rotatable bonds is 7. The summed E-state index contributed by atoms with van der Waals surface area (Å²) >= 11 is 0. The van der Waals surface area contributed by atoms with Crippen molar-refractivity contribution in [2.75, 3.05) is 0 Å². The first kappa shape index (κ1) is 31.2.